The summed E-state index contributed by atoms with van der Waals surface area (Å²) in [4.78, 5) is 4.36. The first kappa shape index (κ1) is 13.9. The van der Waals surface area contributed by atoms with Gasteiger partial charge in [-0.15, -0.1) is 0 Å². The maximum atomic E-state index is 10.7. The minimum absolute atomic E-state index is 0.620. The summed E-state index contributed by atoms with van der Waals surface area (Å²) in [7, 11) is 1.59. The average Bonchev–Trinajstić information content (AvgIpc) is 2.55. The van der Waals surface area contributed by atoms with Gasteiger partial charge in [0.25, 0.3) is 0 Å². The van der Waals surface area contributed by atoms with Gasteiger partial charge in [0, 0.05) is 27.7 Å². The molecule has 1 atom stereocenters. The van der Waals surface area contributed by atoms with Crippen molar-refractivity contribution in [2.45, 2.75) is 6.10 Å². The first-order valence-corrected chi connectivity index (χ1v) is 6.94. The molecule has 1 aromatic heterocycles. The van der Waals surface area contributed by atoms with Crippen molar-refractivity contribution in [2.24, 2.45) is 0 Å². The molecule has 0 radical (unpaired) electrons. The van der Waals surface area contributed by atoms with Crippen LogP contribution in [0.15, 0.2) is 54.7 Å². The molecule has 0 bridgehead atoms. The molecule has 3 rings (SSSR count). The van der Waals surface area contributed by atoms with E-state index in [0.717, 1.165) is 5.39 Å². The zero-order chi connectivity index (χ0) is 14.8. The Labute approximate surface area is 127 Å². The van der Waals surface area contributed by atoms with Crippen LogP contribution >= 0.6 is 11.6 Å². The van der Waals surface area contributed by atoms with Crippen molar-refractivity contribution in [3.05, 3.63) is 70.9 Å². The van der Waals surface area contributed by atoms with Crippen LogP contribution in [0, 0.1) is 0 Å². The summed E-state index contributed by atoms with van der Waals surface area (Å²) in [5.74, 6) is 0.643. The number of pyridine rings is 1. The molecule has 0 aliphatic heterocycles. The normalized spacial score (nSPS) is 12.3. The van der Waals surface area contributed by atoms with Gasteiger partial charge in [0.2, 0.25) is 0 Å². The first-order valence-electron chi connectivity index (χ1n) is 6.56. The predicted octanol–water partition coefficient (Wildman–Crippen LogP) is 3.98. The van der Waals surface area contributed by atoms with Crippen LogP contribution in [0.2, 0.25) is 5.02 Å². The Morgan fingerprint density at radius 2 is 1.86 bits per heavy atom. The Morgan fingerprint density at radius 3 is 2.67 bits per heavy atom. The lowest BCUT2D eigenvalue weighted by atomic mass is 9.98. The monoisotopic (exact) mass is 299 g/mol. The van der Waals surface area contributed by atoms with Crippen LogP contribution in [0.1, 0.15) is 17.2 Å². The smallest absolute Gasteiger partial charge is 0.125 e. The van der Waals surface area contributed by atoms with E-state index in [0.29, 0.717) is 27.4 Å². The molecular formula is C17H14ClNO2. The molecule has 0 fully saturated rings. The molecule has 0 spiro atoms. The highest BCUT2D eigenvalue weighted by molar-refractivity contribution is 6.35. The number of aromatic nitrogens is 1. The molecule has 1 unspecified atom stereocenters. The van der Waals surface area contributed by atoms with E-state index in [1.54, 1.807) is 25.4 Å². The van der Waals surface area contributed by atoms with Crippen molar-refractivity contribution < 1.29 is 9.84 Å². The molecule has 0 aliphatic rings. The Hall–Kier alpha value is -2.10. The highest BCUT2D eigenvalue weighted by Gasteiger charge is 2.18. The van der Waals surface area contributed by atoms with Crippen molar-refractivity contribution in [2.75, 3.05) is 7.11 Å². The summed E-state index contributed by atoms with van der Waals surface area (Å²) in [6.45, 7) is 0. The molecule has 0 aliphatic carbocycles. The number of nitrogens with zero attached hydrogens (tertiary/aromatic N) is 1. The summed E-state index contributed by atoms with van der Waals surface area (Å²) >= 11 is 6.19. The standard InChI is InChI=1S/C17H14ClNO2/c1-21-15-7-3-2-5-12(15)17(20)13-8-9-14(18)11-6-4-10-19-16(11)13/h2-10,17,20H,1H3. The number of hydrogen-bond acceptors (Lipinski definition) is 3. The zero-order valence-corrected chi connectivity index (χ0v) is 12.2. The van der Waals surface area contributed by atoms with E-state index in [1.807, 2.05) is 36.4 Å². The minimum Gasteiger partial charge on any atom is -0.496 e. The fraction of sp³-hybridized carbons (Fsp3) is 0.118. The van der Waals surface area contributed by atoms with Crippen LogP contribution in [0.4, 0.5) is 0 Å². The third-order valence-corrected chi connectivity index (χ3v) is 3.81. The number of methoxy groups -OCH3 is 1. The summed E-state index contributed by atoms with van der Waals surface area (Å²) in [5.41, 5.74) is 2.11. The van der Waals surface area contributed by atoms with Crippen molar-refractivity contribution in [3.63, 3.8) is 0 Å². The van der Waals surface area contributed by atoms with E-state index in [2.05, 4.69) is 4.98 Å². The van der Waals surface area contributed by atoms with Gasteiger partial charge in [-0.25, -0.2) is 0 Å². The van der Waals surface area contributed by atoms with Crippen LogP contribution < -0.4 is 4.74 Å². The molecule has 0 amide bonds. The van der Waals surface area contributed by atoms with E-state index in [-0.39, 0.29) is 0 Å². The Bertz CT molecular complexity index is 789. The second kappa shape index (κ2) is 5.72. The van der Waals surface area contributed by atoms with Crippen LogP contribution in [0.3, 0.4) is 0 Å². The lowest BCUT2D eigenvalue weighted by Gasteiger charge is -2.16. The number of rotatable bonds is 3. The van der Waals surface area contributed by atoms with E-state index in [1.165, 1.54) is 0 Å². The molecule has 0 saturated carbocycles. The van der Waals surface area contributed by atoms with Gasteiger partial charge in [0.1, 0.15) is 11.9 Å². The highest BCUT2D eigenvalue weighted by Crippen LogP contribution is 2.34. The third-order valence-electron chi connectivity index (χ3n) is 3.48. The van der Waals surface area contributed by atoms with Gasteiger partial charge in [0.15, 0.2) is 0 Å². The van der Waals surface area contributed by atoms with Gasteiger partial charge >= 0.3 is 0 Å². The van der Waals surface area contributed by atoms with Gasteiger partial charge in [-0.1, -0.05) is 35.9 Å². The van der Waals surface area contributed by atoms with E-state index >= 15 is 0 Å². The maximum absolute atomic E-state index is 10.7. The molecule has 0 saturated heterocycles. The van der Waals surface area contributed by atoms with Crippen LogP contribution in [0.25, 0.3) is 10.9 Å². The van der Waals surface area contributed by atoms with E-state index < -0.39 is 6.10 Å². The molecule has 21 heavy (non-hydrogen) atoms. The number of para-hydroxylation sites is 1. The Balaban J connectivity index is 2.18. The SMILES string of the molecule is COc1ccccc1C(O)c1ccc(Cl)c2cccnc12. The van der Waals surface area contributed by atoms with Crippen LogP contribution in [0.5, 0.6) is 5.75 Å². The van der Waals surface area contributed by atoms with E-state index in [9.17, 15) is 5.11 Å². The summed E-state index contributed by atoms with van der Waals surface area (Å²) < 4.78 is 5.32. The number of hydrogen-bond donors (Lipinski definition) is 1. The highest BCUT2D eigenvalue weighted by atomic mass is 35.5. The average molecular weight is 300 g/mol. The number of aliphatic hydroxyl groups is 1. The van der Waals surface area contributed by atoms with Crippen LogP contribution in [-0.2, 0) is 0 Å². The zero-order valence-electron chi connectivity index (χ0n) is 11.5. The van der Waals surface area contributed by atoms with Crippen molar-refractivity contribution in [1.29, 1.82) is 0 Å². The largest absolute Gasteiger partial charge is 0.496 e. The lowest BCUT2D eigenvalue weighted by Crippen LogP contribution is -2.03. The molecule has 3 aromatic rings. The predicted molar refractivity (Wildman–Crippen MR) is 83.8 cm³/mol. The second-order valence-electron chi connectivity index (χ2n) is 4.68. The quantitative estimate of drug-likeness (QED) is 0.795. The topological polar surface area (TPSA) is 42.4 Å². The van der Waals surface area contributed by atoms with Gasteiger partial charge in [0.05, 0.1) is 12.6 Å². The number of fused-ring (bicyclic) bond motifs is 1. The van der Waals surface area contributed by atoms with Gasteiger partial charge in [-0.3, -0.25) is 4.98 Å². The third kappa shape index (κ3) is 2.46. The van der Waals surface area contributed by atoms with Crippen molar-refractivity contribution in [3.8, 4) is 5.75 Å². The fourth-order valence-electron chi connectivity index (χ4n) is 2.44. The molecule has 2 aromatic carbocycles. The van der Waals surface area contributed by atoms with Crippen LogP contribution in [-0.4, -0.2) is 17.2 Å². The maximum Gasteiger partial charge on any atom is 0.125 e. The number of halogens is 1. The minimum atomic E-state index is -0.823. The molecule has 4 heteroatoms. The second-order valence-corrected chi connectivity index (χ2v) is 5.09. The number of aliphatic hydroxyl groups excluding tert-OH is 1. The molecular weight excluding hydrogens is 286 g/mol. The van der Waals surface area contributed by atoms with Gasteiger partial charge in [-0.2, -0.15) is 0 Å². The van der Waals surface area contributed by atoms with Crippen molar-refractivity contribution >= 4 is 22.5 Å². The Kier molecular flexibility index (Phi) is 3.78. The van der Waals surface area contributed by atoms with Crippen molar-refractivity contribution in [1.82, 2.24) is 4.98 Å². The summed E-state index contributed by atoms with van der Waals surface area (Å²) in [5, 5.41) is 12.2. The van der Waals surface area contributed by atoms with Gasteiger partial charge in [-0.05, 0) is 24.3 Å². The van der Waals surface area contributed by atoms with E-state index in [4.69, 9.17) is 16.3 Å². The number of benzene rings is 2. The molecule has 3 nitrogen and oxygen atoms in total. The number of ether oxygens (including phenoxy) is 1. The lowest BCUT2D eigenvalue weighted by molar-refractivity contribution is 0.216. The molecule has 1 heterocycles. The molecule has 1 N–H and O–H groups in total. The Morgan fingerprint density at radius 1 is 1.05 bits per heavy atom. The fourth-order valence-corrected chi connectivity index (χ4v) is 2.66. The van der Waals surface area contributed by atoms with Gasteiger partial charge < -0.3 is 9.84 Å². The molecule has 106 valence electrons. The summed E-state index contributed by atoms with van der Waals surface area (Å²) in [6, 6.07) is 14.7. The first-order chi connectivity index (χ1) is 10.2. The summed E-state index contributed by atoms with van der Waals surface area (Å²) in [6.07, 6.45) is 0.868.